The lowest BCUT2D eigenvalue weighted by atomic mass is 10.2. The number of aliphatic carboxylic acids is 1. The number of hydrogen-bond acceptors (Lipinski definition) is 6. The van der Waals surface area contributed by atoms with E-state index in [1.54, 1.807) is 24.3 Å². The van der Waals surface area contributed by atoms with Crippen molar-refractivity contribution in [3.63, 3.8) is 0 Å². The molecule has 0 fully saturated rings. The molecule has 1 aromatic rings. The van der Waals surface area contributed by atoms with E-state index in [1.807, 2.05) is 6.07 Å². The number of carboxylic acids is 1. The second-order valence-corrected chi connectivity index (χ2v) is 6.23. The molecule has 158 valence electrons. The Bertz CT molecular complexity index is 754. The zero-order chi connectivity index (χ0) is 22.0. The van der Waals surface area contributed by atoms with Crippen LogP contribution in [0.2, 0.25) is 0 Å². The van der Waals surface area contributed by atoms with Gasteiger partial charge in [0, 0.05) is 0 Å². The molecule has 0 saturated heterocycles. The fourth-order valence-electron chi connectivity index (χ4n) is 2.11. The first-order valence-electron chi connectivity index (χ1n) is 8.69. The van der Waals surface area contributed by atoms with E-state index in [1.165, 1.54) is 13.8 Å². The predicted molar refractivity (Wildman–Crippen MR) is 100 cm³/mol. The van der Waals surface area contributed by atoms with E-state index in [9.17, 15) is 24.0 Å². The van der Waals surface area contributed by atoms with Crippen molar-refractivity contribution in [2.75, 3.05) is 0 Å². The van der Waals surface area contributed by atoms with Gasteiger partial charge in [0.1, 0.15) is 24.7 Å². The van der Waals surface area contributed by atoms with Crippen LogP contribution in [0, 0.1) is 0 Å². The molecule has 1 rings (SSSR count). The molecule has 6 N–H and O–H groups in total. The molecule has 11 nitrogen and oxygen atoms in total. The molecule has 0 spiro atoms. The lowest BCUT2D eigenvalue weighted by Gasteiger charge is -2.20. The number of primary amides is 1. The summed E-state index contributed by atoms with van der Waals surface area (Å²) in [5.74, 6) is -3.86. The minimum atomic E-state index is -1.51. The molecule has 0 aliphatic carbocycles. The number of carbonyl (C=O) groups excluding carboxylic acids is 4. The minimum absolute atomic E-state index is 0.0241. The van der Waals surface area contributed by atoms with Gasteiger partial charge in [-0.2, -0.15) is 0 Å². The van der Waals surface area contributed by atoms with Crippen LogP contribution in [0.3, 0.4) is 0 Å². The molecule has 4 amide bonds. The Morgan fingerprint density at radius 1 is 0.966 bits per heavy atom. The van der Waals surface area contributed by atoms with E-state index in [-0.39, 0.29) is 6.61 Å². The number of nitrogens with two attached hydrogens (primary N) is 1. The number of benzene rings is 1. The van der Waals surface area contributed by atoms with Crippen LogP contribution >= 0.6 is 0 Å². The number of nitrogens with one attached hydrogen (secondary N) is 3. The molecule has 0 saturated carbocycles. The van der Waals surface area contributed by atoms with Crippen LogP contribution in [0.25, 0.3) is 0 Å². The number of ether oxygens (including phenoxy) is 1. The van der Waals surface area contributed by atoms with Crippen molar-refractivity contribution < 1.29 is 33.8 Å². The van der Waals surface area contributed by atoms with Crippen molar-refractivity contribution in [1.82, 2.24) is 16.0 Å². The van der Waals surface area contributed by atoms with Crippen LogP contribution in [0.4, 0.5) is 4.79 Å². The first-order chi connectivity index (χ1) is 13.6. The minimum Gasteiger partial charge on any atom is -0.480 e. The fraction of sp³-hybridized carbons (Fsp3) is 0.389. The van der Waals surface area contributed by atoms with E-state index in [4.69, 9.17) is 15.6 Å². The van der Waals surface area contributed by atoms with Crippen LogP contribution in [0.1, 0.15) is 25.8 Å². The first kappa shape index (κ1) is 23.4. The largest absolute Gasteiger partial charge is 0.480 e. The Morgan fingerprint density at radius 3 is 2.07 bits per heavy atom. The number of hydrogen-bond donors (Lipinski definition) is 5. The first-order valence-corrected chi connectivity index (χ1v) is 8.69. The van der Waals surface area contributed by atoms with Crippen LogP contribution in [0.15, 0.2) is 30.3 Å². The van der Waals surface area contributed by atoms with Gasteiger partial charge in [-0.15, -0.1) is 0 Å². The van der Waals surface area contributed by atoms with Gasteiger partial charge in [0.2, 0.25) is 17.7 Å². The molecular weight excluding hydrogens is 384 g/mol. The third kappa shape index (κ3) is 8.73. The predicted octanol–water partition coefficient (Wildman–Crippen LogP) is -0.749. The molecule has 0 unspecified atom stereocenters. The summed E-state index contributed by atoms with van der Waals surface area (Å²) in [5.41, 5.74) is 5.71. The van der Waals surface area contributed by atoms with Crippen molar-refractivity contribution in [3.05, 3.63) is 35.9 Å². The molecule has 0 aromatic heterocycles. The van der Waals surface area contributed by atoms with Gasteiger partial charge in [0.05, 0.1) is 6.42 Å². The molecule has 0 aliphatic rings. The molecule has 0 heterocycles. The van der Waals surface area contributed by atoms with E-state index in [2.05, 4.69) is 16.0 Å². The summed E-state index contributed by atoms with van der Waals surface area (Å²) in [4.78, 5) is 57.8. The summed E-state index contributed by atoms with van der Waals surface area (Å²) in [5, 5.41) is 15.7. The number of rotatable bonds is 10. The van der Waals surface area contributed by atoms with Crippen LogP contribution < -0.4 is 21.7 Å². The SMILES string of the molecule is C[C@H](NC(=O)OCc1ccccc1)C(=O)N[C@@H](C)C(=O)N[C@@H](CC(N)=O)C(=O)O. The second kappa shape index (κ2) is 11.3. The Labute approximate surface area is 167 Å². The number of alkyl carbamates (subject to hydrolysis) is 1. The molecule has 29 heavy (non-hydrogen) atoms. The van der Waals surface area contributed by atoms with E-state index in [0.29, 0.717) is 0 Å². The number of carboxylic acid groups (broad SMARTS) is 1. The molecule has 0 radical (unpaired) electrons. The van der Waals surface area contributed by atoms with Gasteiger partial charge < -0.3 is 31.5 Å². The highest BCUT2D eigenvalue weighted by atomic mass is 16.5. The standard InChI is InChI=1S/C18H24N4O7/c1-10(16(25)22-13(17(26)27)8-14(19)23)20-15(24)11(2)21-18(28)29-9-12-6-4-3-5-7-12/h3-7,10-11,13H,8-9H2,1-2H3,(H2,19,23)(H,20,24)(H,21,28)(H,22,25)(H,26,27)/t10-,11-,13-/m0/s1. The lowest BCUT2D eigenvalue weighted by molar-refractivity contribution is -0.143. The van der Waals surface area contributed by atoms with E-state index in [0.717, 1.165) is 5.56 Å². The van der Waals surface area contributed by atoms with Crippen molar-refractivity contribution in [2.45, 2.75) is 45.0 Å². The molecule has 1 aromatic carbocycles. The summed E-state index contributed by atoms with van der Waals surface area (Å²) in [6, 6.07) is 5.28. The number of carbonyl (C=O) groups is 5. The van der Waals surface area contributed by atoms with Crippen molar-refractivity contribution in [3.8, 4) is 0 Å². The van der Waals surface area contributed by atoms with Gasteiger partial charge in [-0.05, 0) is 19.4 Å². The fourth-order valence-corrected chi connectivity index (χ4v) is 2.11. The quantitative estimate of drug-likeness (QED) is 0.338. The van der Waals surface area contributed by atoms with E-state index >= 15 is 0 Å². The number of amides is 4. The van der Waals surface area contributed by atoms with E-state index < -0.39 is 54.3 Å². The topological polar surface area (TPSA) is 177 Å². The Hall–Kier alpha value is -3.63. The smallest absolute Gasteiger partial charge is 0.408 e. The summed E-state index contributed by atoms with van der Waals surface area (Å²) in [6.45, 7) is 2.73. The Balaban J connectivity index is 2.47. The summed E-state index contributed by atoms with van der Waals surface area (Å²) in [6.07, 6.45) is -1.41. The highest BCUT2D eigenvalue weighted by molar-refractivity contribution is 5.93. The van der Waals surface area contributed by atoms with Gasteiger partial charge in [-0.3, -0.25) is 14.4 Å². The molecule has 3 atom stereocenters. The highest BCUT2D eigenvalue weighted by Gasteiger charge is 2.26. The second-order valence-electron chi connectivity index (χ2n) is 6.23. The van der Waals surface area contributed by atoms with Crippen LogP contribution in [-0.4, -0.2) is 53.0 Å². The average Bonchev–Trinajstić information content (AvgIpc) is 2.65. The van der Waals surface area contributed by atoms with Gasteiger partial charge in [0.15, 0.2) is 0 Å². The highest BCUT2D eigenvalue weighted by Crippen LogP contribution is 2.01. The molecule has 0 bridgehead atoms. The van der Waals surface area contributed by atoms with Gasteiger partial charge in [-0.1, -0.05) is 30.3 Å². The van der Waals surface area contributed by atoms with Crippen molar-refractivity contribution in [2.24, 2.45) is 5.73 Å². The van der Waals surface area contributed by atoms with Crippen LogP contribution in [-0.2, 0) is 30.5 Å². The van der Waals surface area contributed by atoms with Gasteiger partial charge in [0.25, 0.3) is 0 Å². The van der Waals surface area contributed by atoms with Crippen molar-refractivity contribution >= 4 is 29.8 Å². The maximum atomic E-state index is 12.1. The van der Waals surface area contributed by atoms with Gasteiger partial charge in [-0.25, -0.2) is 9.59 Å². The lowest BCUT2D eigenvalue weighted by Crippen LogP contribution is -2.54. The molecule has 0 aliphatic heterocycles. The Kier molecular flexibility index (Phi) is 9.10. The Morgan fingerprint density at radius 2 is 1.52 bits per heavy atom. The van der Waals surface area contributed by atoms with Gasteiger partial charge >= 0.3 is 12.1 Å². The third-order valence-electron chi connectivity index (χ3n) is 3.71. The zero-order valence-corrected chi connectivity index (χ0v) is 16.0. The van der Waals surface area contributed by atoms with Crippen LogP contribution in [0.5, 0.6) is 0 Å². The monoisotopic (exact) mass is 408 g/mol. The maximum absolute atomic E-state index is 12.1. The zero-order valence-electron chi connectivity index (χ0n) is 16.0. The average molecular weight is 408 g/mol. The maximum Gasteiger partial charge on any atom is 0.408 e. The summed E-state index contributed by atoms with van der Waals surface area (Å²) >= 11 is 0. The summed E-state index contributed by atoms with van der Waals surface area (Å²) in [7, 11) is 0. The summed E-state index contributed by atoms with van der Waals surface area (Å²) < 4.78 is 5.00. The van der Waals surface area contributed by atoms with Crippen molar-refractivity contribution in [1.29, 1.82) is 0 Å². The third-order valence-corrected chi connectivity index (χ3v) is 3.71. The molecule has 11 heteroatoms. The normalized spacial score (nSPS) is 13.3. The molecular formula is C18H24N4O7.